The van der Waals surface area contributed by atoms with Crippen LogP contribution in [0.3, 0.4) is 0 Å². The molecular weight excluding hydrogens is 284 g/mol. The van der Waals surface area contributed by atoms with Gasteiger partial charge in [0.2, 0.25) is 17.7 Å². The van der Waals surface area contributed by atoms with Crippen molar-refractivity contribution in [1.82, 2.24) is 20.4 Å². The fourth-order valence-electron chi connectivity index (χ4n) is 2.66. The van der Waals surface area contributed by atoms with Crippen molar-refractivity contribution in [2.24, 2.45) is 0 Å². The smallest absolute Gasteiger partial charge is 0.234 e. The largest absolute Gasteiger partial charge is 0.352 e. The minimum Gasteiger partial charge on any atom is -0.352 e. The van der Waals surface area contributed by atoms with Crippen LogP contribution in [0.15, 0.2) is 0 Å². The quantitative estimate of drug-likeness (QED) is 0.681. The van der Waals surface area contributed by atoms with Crippen LogP contribution < -0.4 is 10.6 Å². The molecule has 0 radical (unpaired) electrons. The van der Waals surface area contributed by atoms with Crippen molar-refractivity contribution in [2.75, 3.05) is 33.2 Å². The number of likely N-dealkylation sites (N-methyl/N-ethyl adjacent to an activating group) is 1. The lowest BCUT2D eigenvalue weighted by Crippen LogP contribution is -2.48. The van der Waals surface area contributed by atoms with Crippen LogP contribution in [-0.2, 0) is 14.4 Å². The highest BCUT2D eigenvalue weighted by molar-refractivity contribution is 5.81. The molecule has 0 spiro atoms. The summed E-state index contributed by atoms with van der Waals surface area (Å²) in [4.78, 5) is 38.4. The first-order chi connectivity index (χ1) is 10.4. The van der Waals surface area contributed by atoms with Gasteiger partial charge < -0.3 is 15.5 Å². The minimum atomic E-state index is -0.0667. The Labute approximate surface area is 131 Å². The first-order valence-corrected chi connectivity index (χ1v) is 7.97. The molecule has 1 aliphatic carbocycles. The van der Waals surface area contributed by atoms with Gasteiger partial charge in [-0.15, -0.1) is 0 Å². The van der Waals surface area contributed by atoms with Gasteiger partial charge in [-0.05, 0) is 32.7 Å². The van der Waals surface area contributed by atoms with Crippen LogP contribution in [0.2, 0.25) is 0 Å². The average molecular weight is 310 g/mol. The highest BCUT2D eigenvalue weighted by Crippen LogP contribution is 2.18. The lowest BCUT2D eigenvalue weighted by molar-refractivity contribution is -0.130. The van der Waals surface area contributed by atoms with E-state index in [-0.39, 0.29) is 36.9 Å². The topological polar surface area (TPSA) is 81.8 Å². The van der Waals surface area contributed by atoms with Crippen molar-refractivity contribution in [3.8, 4) is 0 Å². The second-order valence-corrected chi connectivity index (χ2v) is 6.36. The van der Waals surface area contributed by atoms with Crippen molar-refractivity contribution in [1.29, 1.82) is 0 Å². The molecule has 7 heteroatoms. The van der Waals surface area contributed by atoms with Crippen LogP contribution in [0.4, 0.5) is 0 Å². The molecule has 1 aliphatic heterocycles. The SMILES string of the molecule is CC(=O)N1CCC(NC(=O)CN(C)CC(=O)NC2CC2)CC1. The number of likely N-dealkylation sites (tertiary alicyclic amines) is 1. The second kappa shape index (κ2) is 7.58. The number of nitrogens with one attached hydrogen (secondary N) is 2. The number of nitrogens with zero attached hydrogens (tertiary/aromatic N) is 2. The van der Waals surface area contributed by atoms with Crippen molar-refractivity contribution < 1.29 is 14.4 Å². The average Bonchev–Trinajstić information content (AvgIpc) is 3.22. The molecular formula is C15H26N4O3. The van der Waals surface area contributed by atoms with Gasteiger partial charge >= 0.3 is 0 Å². The second-order valence-electron chi connectivity index (χ2n) is 6.36. The first kappa shape index (κ1) is 16.7. The number of rotatable bonds is 6. The van der Waals surface area contributed by atoms with E-state index in [4.69, 9.17) is 0 Å². The van der Waals surface area contributed by atoms with Crippen molar-refractivity contribution in [3.05, 3.63) is 0 Å². The van der Waals surface area contributed by atoms with Gasteiger partial charge in [0.25, 0.3) is 0 Å². The summed E-state index contributed by atoms with van der Waals surface area (Å²) >= 11 is 0. The highest BCUT2D eigenvalue weighted by Gasteiger charge is 2.25. The van der Waals surface area contributed by atoms with E-state index in [9.17, 15) is 14.4 Å². The monoisotopic (exact) mass is 310 g/mol. The third kappa shape index (κ3) is 5.63. The van der Waals surface area contributed by atoms with Crippen molar-refractivity contribution in [3.63, 3.8) is 0 Å². The van der Waals surface area contributed by atoms with Gasteiger partial charge in [-0.3, -0.25) is 19.3 Å². The molecule has 2 N–H and O–H groups in total. The van der Waals surface area contributed by atoms with Crippen LogP contribution in [-0.4, -0.2) is 72.8 Å². The molecule has 1 heterocycles. The lowest BCUT2D eigenvalue weighted by Gasteiger charge is -2.32. The molecule has 7 nitrogen and oxygen atoms in total. The van der Waals surface area contributed by atoms with Crippen LogP contribution in [0, 0.1) is 0 Å². The summed E-state index contributed by atoms with van der Waals surface area (Å²) in [5.74, 6) is 0.00162. The Morgan fingerprint density at radius 2 is 1.41 bits per heavy atom. The first-order valence-electron chi connectivity index (χ1n) is 7.97. The molecule has 22 heavy (non-hydrogen) atoms. The Morgan fingerprint density at radius 1 is 0.955 bits per heavy atom. The van der Waals surface area contributed by atoms with Crippen LogP contribution in [0.5, 0.6) is 0 Å². The third-order valence-corrected chi connectivity index (χ3v) is 4.07. The van der Waals surface area contributed by atoms with Gasteiger partial charge in [-0.1, -0.05) is 0 Å². The molecule has 124 valence electrons. The molecule has 1 saturated carbocycles. The number of carbonyl (C=O) groups excluding carboxylic acids is 3. The maximum absolute atomic E-state index is 12.0. The Hall–Kier alpha value is -1.63. The number of hydrogen-bond donors (Lipinski definition) is 2. The zero-order valence-electron chi connectivity index (χ0n) is 13.4. The van der Waals surface area contributed by atoms with E-state index in [2.05, 4.69) is 10.6 Å². The van der Waals surface area contributed by atoms with Gasteiger partial charge in [-0.25, -0.2) is 0 Å². The highest BCUT2D eigenvalue weighted by atomic mass is 16.2. The van der Waals surface area contributed by atoms with Crippen LogP contribution >= 0.6 is 0 Å². The van der Waals surface area contributed by atoms with Gasteiger partial charge in [0.15, 0.2) is 0 Å². The number of hydrogen-bond acceptors (Lipinski definition) is 4. The van der Waals surface area contributed by atoms with Crippen LogP contribution in [0.1, 0.15) is 32.6 Å². The molecule has 0 bridgehead atoms. The maximum atomic E-state index is 12.0. The Bertz CT molecular complexity index is 429. The van der Waals surface area contributed by atoms with Crippen molar-refractivity contribution >= 4 is 17.7 Å². The van der Waals surface area contributed by atoms with Gasteiger partial charge in [0.1, 0.15) is 0 Å². The molecule has 2 aliphatic rings. The molecule has 0 aromatic heterocycles. The molecule has 2 fully saturated rings. The third-order valence-electron chi connectivity index (χ3n) is 4.07. The van der Waals surface area contributed by atoms with Gasteiger partial charge in [0.05, 0.1) is 13.1 Å². The molecule has 3 amide bonds. The van der Waals surface area contributed by atoms with Crippen LogP contribution in [0.25, 0.3) is 0 Å². The Kier molecular flexibility index (Phi) is 5.76. The van der Waals surface area contributed by atoms with E-state index in [0.717, 1.165) is 25.7 Å². The summed E-state index contributed by atoms with van der Waals surface area (Å²) in [6.45, 7) is 3.41. The Balaban J connectivity index is 1.62. The maximum Gasteiger partial charge on any atom is 0.234 e. The molecule has 2 rings (SSSR count). The molecule has 0 aromatic rings. The van der Waals surface area contributed by atoms with E-state index in [1.807, 2.05) is 0 Å². The van der Waals surface area contributed by atoms with Gasteiger partial charge in [-0.2, -0.15) is 0 Å². The number of piperidine rings is 1. The van der Waals surface area contributed by atoms with E-state index >= 15 is 0 Å². The zero-order valence-corrected chi connectivity index (χ0v) is 13.4. The summed E-state index contributed by atoms with van der Waals surface area (Å²) in [5.41, 5.74) is 0. The summed E-state index contributed by atoms with van der Waals surface area (Å²) in [7, 11) is 1.77. The van der Waals surface area contributed by atoms with E-state index in [1.165, 1.54) is 0 Å². The zero-order chi connectivity index (χ0) is 16.1. The molecule has 1 saturated heterocycles. The predicted molar refractivity (Wildman–Crippen MR) is 82.1 cm³/mol. The molecule has 0 unspecified atom stereocenters. The summed E-state index contributed by atoms with van der Waals surface area (Å²) in [5, 5.41) is 5.89. The fraction of sp³-hybridized carbons (Fsp3) is 0.800. The summed E-state index contributed by atoms with van der Waals surface area (Å²) in [6, 6.07) is 0.470. The fourth-order valence-corrected chi connectivity index (χ4v) is 2.66. The summed E-state index contributed by atoms with van der Waals surface area (Å²) < 4.78 is 0. The van der Waals surface area contributed by atoms with E-state index in [1.54, 1.807) is 23.8 Å². The summed E-state index contributed by atoms with van der Waals surface area (Å²) in [6.07, 6.45) is 3.71. The van der Waals surface area contributed by atoms with Crippen molar-refractivity contribution in [2.45, 2.75) is 44.7 Å². The standard InChI is InChI=1S/C15H26N4O3/c1-11(20)19-7-5-13(6-8-19)17-15(22)10-18(2)9-14(21)16-12-3-4-12/h12-13H,3-10H2,1-2H3,(H,16,21)(H,17,22). The predicted octanol–water partition coefficient (Wildman–Crippen LogP) is -0.676. The minimum absolute atomic E-state index is 0.0208. The van der Waals surface area contributed by atoms with Gasteiger partial charge in [0, 0.05) is 32.1 Å². The normalized spacial score (nSPS) is 19.1. The molecule has 0 atom stereocenters. The Morgan fingerprint density at radius 3 is 1.82 bits per heavy atom. The molecule has 0 aromatic carbocycles. The lowest BCUT2D eigenvalue weighted by atomic mass is 10.1. The van der Waals surface area contributed by atoms with E-state index in [0.29, 0.717) is 19.1 Å². The number of carbonyl (C=O) groups is 3. The van der Waals surface area contributed by atoms with E-state index < -0.39 is 0 Å². The number of amides is 3.